The van der Waals surface area contributed by atoms with E-state index in [0.717, 1.165) is 31.6 Å². The molecule has 0 saturated heterocycles. The molecule has 1 atom stereocenters. The fourth-order valence-electron chi connectivity index (χ4n) is 1.98. The molecular weight excluding hydrogens is 285 g/mol. The van der Waals surface area contributed by atoms with Crippen molar-refractivity contribution in [3.8, 4) is 0 Å². The first-order valence-corrected chi connectivity index (χ1v) is 7.24. The molecule has 0 aliphatic rings. The van der Waals surface area contributed by atoms with E-state index in [9.17, 15) is 13.2 Å². The summed E-state index contributed by atoms with van der Waals surface area (Å²) in [7, 11) is 0. The van der Waals surface area contributed by atoms with Crippen LogP contribution in [0.25, 0.3) is 0 Å². The molecule has 0 aromatic carbocycles. The summed E-state index contributed by atoms with van der Waals surface area (Å²) in [4.78, 5) is 0. The summed E-state index contributed by atoms with van der Waals surface area (Å²) in [5.74, 6) is 0. The first-order chi connectivity index (χ1) is 9.98. The highest BCUT2D eigenvalue weighted by atomic mass is 19.4. The van der Waals surface area contributed by atoms with Gasteiger partial charge in [-0.25, -0.2) is 4.68 Å². The topological polar surface area (TPSA) is 52.0 Å². The summed E-state index contributed by atoms with van der Waals surface area (Å²) in [6.07, 6.45) is -0.311. The van der Waals surface area contributed by atoms with E-state index >= 15 is 0 Å². The summed E-state index contributed by atoms with van der Waals surface area (Å²) >= 11 is 0. The van der Waals surface area contributed by atoms with E-state index in [1.54, 1.807) is 10.9 Å². The molecule has 1 aromatic heterocycles. The van der Waals surface area contributed by atoms with Crippen molar-refractivity contribution in [2.75, 3.05) is 19.8 Å². The lowest BCUT2D eigenvalue weighted by Crippen LogP contribution is -2.27. The van der Waals surface area contributed by atoms with Crippen molar-refractivity contribution in [1.29, 1.82) is 0 Å². The fourth-order valence-corrected chi connectivity index (χ4v) is 1.98. The van der Waals surface area contributed by atoms with Crippen LogP contribution in [0.1, 0.15) is 44.8 Å². The van der Waals surface area contributed by atoms with Gasteiger partial charge in [-0.3, -0.25) is 0 Å². The highest BCUT2D eigenvalue weighted by molar-refractivity contribution is 5.02. The predicted octanol–water partition coefficient (Wildman–Crippen LogP) is 2.70. The van der Waals surface area contributed by atoms with Crippen molar-refractivity contribution < 1.29 is 17.9 Å². The Bertz CT molecular complexity index is 395. The van der Waals surface area contributed by atoms with Gasteiger partial charge in [-0.05, 0) is 25.8 Å². The van der Waals surface area contributed by atoms with E-state index in [4.69, 9.17) is 4.74 Å². The van der Waals surface area contributed by atoms with E-state index in [1.807, 2.05) is 13.8 Å². The maximum Gasteiger partial charge on any atom is 0.411 e. The van der Waals surface area contributed by atoms with Gasteiger partial charge in [-0.2, -0.15) is 13.2 Å². The van der Waals surface area contributed by atoms with Crippen LogP contribution in [-0.4, -0.2) is 40.9 Å². The number of ether oxygens (including phenoxy) is 1. The van der Waals surface area contributed by atoms with Gasteiger partial charge in [0.25, 0.3) is 0 Å². The molecule has 0 bridgehead atoms. The zero-order valence-electron chi connectivity index (χ0n) is 12.5. The molecular formula is C13H23F3N4O. The minimum Gasteiger partial charge on any atom is -0.372 e. The molecule has 1 heterocycles. The maximum absolute atomic E-state index is 12.1. The number of rotatable bonds is 10. The minimum atomic E-state index is -4.28. The van der Waals surface area contributed by atoms with Crippen LogP contribution in [0.5, 0.6) is 0 Å². The summed E-state index contributed by atoms with van der Waals surface area (Å²) < 4.78 is 42.6. The second-order valence-corrected chi connectivity index (χ2v) is 4.85. The van der Waals surface area contributed by atoms with Crippen molar-refractivity contribution in [1.82, 2.24) is 20.3 Å². The third-order valence-electron chi connectivity index (χ3n) is 2.90. The molecule has 0 aliphatic carbocycles. The molecule has 1 rings (SSSR count). The van der Waals surface area contributed by atoms with E-state index < -0.39 is 12.8 Å². The van der Waals surface area contributed by atoms with Crippen LogP contribution in [0.15, 0.2) is 6.20 Å². The molecule has 0 radical (unpaired) electrons. The van der Waals surface area contributed by atoms with Gasteiger partial charge in [0, 0.05) is 13.2 Å². The smallest absolute Gasteiger partial charge is 0.372 e. The predicted molar refractivity (Wildman–Crippen MR) is 72.8 cm³/mol. The fraction of sp³-hybridized carbons (Fsp3) is 0.846. The van der Waals surface area contributed by atoms with Crippen LogP contribution < -0.4 is 5.32 Å². The SMILES string of the molecule is CCCNC(CCOCC(F)(F)F)c1cnnn1CCC. The number of aromatic nitrogens is 3. The molecule has 0 aliphatic heterocycles. The van der Waals surface area contributed by atoms with Gasteiger partial charge in [-0.15, -0.1) is 5.10 Å². The normalized spacial score (nSPS) is 13.6. The molecule has 0 amide bonds. The standard InChI is InChI=1S/C13H23F3N4O/c1-3-6-17-11(5-8-21-10-13(14,15)16)12-9-18-19-20(12)7-4-2/h9,11,17H,3-8,10H2,1-2H3. The van der Waals surface area contributed by atoms with Gasteiger partial charge in [0.05, 0.1) is 17.9 Å². The van der Waals surface area contributed by atoms with Crippen LogP contribution in [-0.2, 0) is 11.3 Å². The average molecular weight is 308 g/mol. The highest BCUT2D eigenvalue weighted by Crippen LogP contribution is 2.18. The molecule has 1 unspecified atom stereocenters. The van der Waals surface area contributed by atoms with Gasteiger partial charge in [0.15, 0.2) is 0 Å². The molecule has 0 saturated carbocycles. The molecule has 122 valence electrons. The zero-order chi connectivity index (χ0) is 15.7. The number of alkyl halides is 3. The van der Waals surface area contributed by atoms with Crippen LogP contribution in [0.3, 0.4) is 0 Å². The largest absolute Gasteiger partial charge is 0.411 e. The van der Waals surface area contributed by atoms with Crippen molar-refractivity contribution in [2.45, 2.75) is 51.9 Å². The lowest BCUT2D eigenvalue weighted by molar-refractivity contribution is -0.174. The molecule has 5 nitrogen and oxygen atoms in total. The van der Waals surface area contributed by atoms with Gasteiger partial charge in [-0.1, -0.05) is 19.1 Å². The van der Waals surface area contributed by atoms with Gasteiger partial charge < -0.3 is 10.1 Å². The quantitative estimate of drug-likeness (QED) is 0.675. The third-order valence-corrected chi connectivity index (χ3v) is 2.90. The lowest BCUT2D eigenvalue weighted by Gasteiger charge is -2.19. The third kappa shape index (κ3) is 6.90. The monoisotopic (exact) mass is 308 g/mol. The number of nitrogens with one attached hydrogen (secondary N) is 1. The Labute approximate surface area is 122 Å². The van der Waals surface area contributed by atoms with E-state index in [1.165, 1.54) is 0 Å². The van der Waals surface area contributed by atoms with E-state index in [-0.39, 0.29) is 12.6 Å². The lowest BCUT2D eigenvalue weighted by atomic mass is 10.1. The summed E-state index contributed by atoms with van der Waals surface area (Å²) in [6.45, 7) is 4.42. The van der Waals surface area contributed by atoms with Gasteiger partial charge in [0.2, 0.25) is 0 Å². The maximum atomic E-state index is 12.1. The molecule has 8 heteroatoms. The summed E-state index contributed by atoms with van der Waals surface area (Å²) in [6, 6.07) is -0.0975. The number of nitrogens with zero attached hydrogens (tertiary/aromatic N) is 3. The number of hydrogen-bond donors (Lipinski definition) is 1. The van der Waals surface area contributed by atoms with Crippen molar-refractivity contribution in [3.05, 3.63) is 11.9 Å². The van der Waals surface area contributed by atoms with Gasteiger partial charge >= 0.3 is 6.18 Å². The van der Waals surface area contributed by atoms with Crippen molar-refractivity contribution >= 4 is 0 Å². The van der Waals surface area contributed by atoms with Crippen molar-refractivity contribution in [3.63, 3.8) is 0 Å². The Morgan fingerprint density at radius 2 is 2.10 bits per heavy atom. The Morgan fingerprint density at radius 3 is 2.71 bits per heavy atom. The minimum absolute atomic E-state index is 0.0399. The highest BCUT2D eigenvalue weighted by Gasteiger charge is 2.27. The first-order valence-electron chi connectivity index (χ1n) is 7.24. The molecule has 1 aromatic rings. The second kappa shape index (κ2) is 8.99. The Kier molecular flexibility index (Phi) is 7.66. The molecule has 0 fully saturated rings. The van der Waals surface area contributed by atoms with E-state index in [0.29, 0.717) is 6.42 Å². The zero-order valence-corrected chi connectivity index (χ0v) is 12.5. The molecule has 0 spiro atoms. The average Bonchev–Trinajstić information content (AvgIpc) is 2.85. The Morgan fingerprint density at radius 1 is 1.33 bits per heavy atom. The van der Waals surface area contributed by atoms with Crippen LogP contribution in [0.4, 0.5) is 13.2 Å². The molecule has 21 heavy (non-hydrogen) atoms. The number of halogens is 3. The Hall–Kier alpha value is -1.15. The van der Waals surface area contributed by atoms with Gasteiger partial charge in [0.1, 0.15) is 6.61 Å². The Balaban J connectivity index is 2.56. The summed E-state index contributed by atoms with van der Waals surface area (Å²) in [5, 5.41) is 11.2. The summed E-state index contributed by atoms with van der Waals surface area (Å²) in [5.41, 5.74) is 0.890. The second-order valence-electron chi connectivity index (χ2n) is 4.85. The molecule has 1 N–H and O–H groups in total. The number of hydrogen-bond acceptors (Lipinski definition) is 4. The van der Waals surface area contributed by atoms with Crippen LogP contribution in [0.2, 0.25) is 0 Å². The first kappa shape index (κ1) is 17.9. The van der Waals surface area contributed by atoms with Crippen LogP contribution >= 0.6 is 0 Å². The van der Waals surface area contributed by atoms with Crippen molar-refractivity contribution in [2.24, 2.45) is 0 Å². The number of aryl methyl sites for hydroxylation is 1. The van der Waals surface area contributed by atoms with E-state index in [2.05, 4.69) is 15.6 Å². The van der Waals surface area contributed by atoms with Crippen LogP contribution in [0, 0.1) is 0 Å².